The monoisotopic (exact) mass is 326 g/mol. The molecule has 1 amide bonds. The zero-order valence-electron chi connectivity index (χ0n) is 12.6. The molecule has 3 N–H and O–H groups in total. The molecule has 1 saturated carbocycles. The molecule has 21 heavy (non-hydrogen) atoms. The number of anilines is 2. The minimum atomic E-state index is -0.0737. The molecule has 3 atom stereocenters. The molecule has 2 rings (SSSR count). The zero-order valence-corrected chi connectivity index (χ0v) is 14.1. The number of hydrogen-bond acceptors (Lipinski definition) is 3. The molecule has 1 aromatic carbocycles. The van der Waals surface area contributed by atoms with E-state index in [0.29, 0.717) is 21.6 Å². The van der Waals surface area contributed by atoms with Crippen molar-refractivity contribution < 1.29 is 4.79 Å². The Labute approximate surface area is 136 Å². The van der Waals surface area contributed by atoms with Gasteiger partial charge < -0.3 is 11.1 Å². The van der Waals surface area contributed by atoms with Crippen molar-refractivity contribution in [3.05, 3.63) is 23.2 Å². The lowest BCUT2D eigenvalue weighted by atomic mass is 9.91. The Morgan fingerprint density at radius 1 is 1.48 bits per heavy atom. The molecule has 0 heterocycles. The molecule has 116 valence electrons. The summed E-state index contributed by atoms with van der Waals surface area (Å²) in [4.78, 5) is 12.3. The summed E-state index contributed by atoms with van der Waals surface area (Å²) in [5.41, 5.74) is 7.00. The van der Waals surface area contributed by atoms with Crippen molar-refractivity contribution in [1.82, 2.24) is 0 Å². The van der Waals surface area contributed by atoms with Crippen LogP contribution in [-0.2, 0) is 4.79 Å². The summed E-state index contributed by atoms with van der Waals surface area (Å²) in [7, 11) is 0. The molecule has 0 spiro atoms. The van der Waals surface area contributed by atoms with Crippen LogP contribution in [0.25, 0.3) is 0 Å². The van der Waals surface area contributed by atoms with E-state index in [9.17, 15) is 4.79 Å². The van der Waals surface area contributed by atoms with E-state index < -0.39 is 0 Å². The molecule has 1 aromatic rings. The molecule has 5 heteroatoms. The van der Waals surface area contributed by atoms with E-state index in [2.05, 4.69) is 12.2 Å². The standard InChI is InChI=1S/C16H23ClN2OS/c1-10-4-3-5-13(8-10)21-11(2)16(20)19-15-7-6-12(17)9-14(15)18/h6-7,9-11,13H,3-5,8,18H2,1-2H3,(H,19,20). The van der Waals surface area contributed by atoms with Crippen LogP contribution in [0.5, 0.6) is 0 Å². The summed E-state index contributed by atoms with van der Waals surface area (Å²) in [6.07, 6.45) is 5.03. The fourth-order valence-electron chi connectivity index (χ4n) is 2.73. The van der Waals surface area contributed by atoms with Gasteiger partial charge in [-0.15, -0.1) is 11.8 Å². The number of carbonyl (C=O) groups excluding carboxylic acids is 1. The molecule has 0 aliphatic heterocycles. The van der Waals surface area contributed by atoms with Crippen molar-refractivity contribution in [2.24, 2.45) is 5.92 Å². The van der Waals surface area contributed by atoms with Crippen molar-refractivity contribution >= 4 is 40.6 Å². The first kappa shape index (κ1) is 16.5. The van der Waals surface area contributed by atoms with Gasteiger partial charge in [0.05, 0.1) is 16.6 Å². The quantitative estimate of drug-likeness (QED) is 0.797. The van der Waals surface area contributed by atoms with Crippen LogP contribution in [0.4, 0.5) is 11.4 Å². The third-order valence-corrected chi connectivity index (χ3v) is 5.60. The van der Waals surface area contributed by atoms with Crippen molar-refractivity contribution in [3.8, 4) is 0 Å². The van der Waals surface area contributed by atoms with E-state index >= 15 is 0 Å². The number of amides is 1. The van der Waals surface area contributed by atoms with Crippen LogP contribution in [0.1, 0.15) is 39.5 Å². The van der Waals surface area contributed by atoms with Crippen LogP contribution in [0, 0.1) is 5.92 Å². The Bertz CT molecular complexity index is 509. The smallest absolute Gasteiger partial charge is 0.237 e. The Kier molecular flexibility index (Phi) is 5.82. The summed E-state index contributed by atoms with van der Waals surface area (Å²) < 4.78 is 0. The van der Waals surface area contributed by atoms with Gasteiger partial charge in [0.15, 0.2) is 0 Å². The van der Waals surface area contributed by atoms with Crippen molar-refractivity contribution in [2.75, 3.05) is 11.1 Å². The molecule has 1 aliphatic carbocycles. The number of rotatable bonds is 4. The first-order chi connectivity index (χ1) is 9.95. The number of carbonyl (C=O) groups is 1. The van der Waals surface area contributed by atoms with Crippen molar-refractivity contribution in [1.29, 1.82) is 0 Å². The largest absolute Gasteiger partial charge is 0.397 e. The predicted octanol–water partition coefficient (Wildman–Crippen LogP) is 4.56. The number of benzene rings is 1. The maximum Gasteiger partial charge on any atom is 0.237 e. The van der Waals surface area contributed by atoms with Crippen LogP contribution < -0.4 is 11.1 Å². The summed E-state index contributed by atoms with van der Waals surface area (Å²) in [6.45, 7) is 4.26. The van der Waals surface area contributed by atoms with Crippen molar-refractivity contribution in [3.63, 3.8) is 0 Å². The molecule has 0 bridgehead atoms. The van der Waals surface area contributed by atoms with Gasteiger partial charge in [-0.1, -0.05) is 31.4 Å². The minimum Gasteiger partial charge on any atom is -0.397 e. The molecule has 0 radical (unpaired) electrons. The van der Waals surface area contributed by atoms with Gasteiger partial charge in [-0.05, 0) is 43.9 Å². The van der Waals surface area contributed by atoms with Gasteiger partial charge in [0.25, 0.3) is 0 Å². The average molecular weight is 327 g/mol. The summed E-state index contributed by atoms with van der Waals surface area (Å²) in [5.74, 6) is 0.783. The second-order valence-corrected chi connectivity index (χ2v) is 7.98. The van der Waals surface area contributed by atoms with E-state index in [-0.39, 0.29) is 11.2 Å². The van der Waals surface area contributed by atoms with Gasteiger partial charge in [0.1, 0.15) is 0 Å². The minimum absolute atomic E-state index is 0.00671. The topological polar surface area (TPSA) is 55.1 Å². The van der Waals surface area contributed by atoms with Crippen LogP contribution in [0.2, 0.25) is 5.02 Å². The van der Waals surface area contributed by atoms with Crippen molar-refractivity contribution in [2.45, 2.75) is 50.0 Å². The maximum absolute atomic E-state index is 12.3. The Hall–Kier alpha value is -0.870. The molecule has 1 fully saturated rings. The third kappa shape index (κ3) is 4.82. The van der Waals surface area contributed by atoms with Gasteiger partial charge in [-0.2, -0.15) is 0 Å². The van der Waals surface area contributed by atoms with E-state index in [1.807, 2.05) is 6.92 Å². The molecule has 1 aliphatic rings. The van der Waals surface area contributed by atoms with Gasteiger partial charge in [0, 0.05) is 10.3 Å². The molecular weight excluding hydrogens is 304 g/mol. The lowest BCUT2D eigenvalue weighted by molar-refractivity contribution is -0.115. The lowest BCUT2D eigenvalue weighted by Gasteiger charge is -2.28. The van der Waals surface area contributed by atoms with E-state index in [0.717, 1.165) is 5.92 Å². The number of hydrogen-bond donors (Lipinski definition) is 2. The normalized spacial score (nSPS) is 23.6. The fourth-order valence-corrected chi connectivity index (χ4v) is 4.42. The molecule has 3 nitrogen and oxygen atoms in total. The number of nitrogen functional groups attached to an aromatic ring is 1. The van der Waals surface area contributed by atoms with Crippen LogP contribution >= 0.6 is 23.4 Å². The maximum atomic E-state index is 12.3. The van der Waals surface area contributed by atoms with Gasteiger partial charge >= 0.3 is 0 Å². The van der Waals surface area contributed by atoms with E-state index in [1.54, 1.807) is 30.0 Å². The highest BCUT2D eigenvalue weighted by Gasteiger charge is 2.24. The number of halogens is 1. The summed E-state index contributed by atoms with van der Waals surface area (Å²) >= 11 is 7.64. The highest BCUT2D eigenvalue weighted by Crippen LogP contribution is 2.34. The third-order valence-electron chi connectivity index (χ3n) is 3.93. The van der Waals surface area contributed by atoms with Crippen LogP contribution in [0.3, 0.4) is 0 Å². The first-order valence-corrected chi connectivity index (χ1v) is 8.79. The second-order valence-electron chi connectivity index (χ2n) is 5.89. The highest BCUT2D eigenvalue weighted by molar-refractivity contribution is 8.01. The summed E-state index contributed by atoms with van der Waals surface area (Å²) in [5, 5.41) is 3.99. The summed E-state index contributed by atoms with van der Waals surface area (Å²) in [6, 6.07) is 5.13. The number of thioether (sulfide) groups is 1. The number of nitrogens with one attached hydrogen (secondary N) is 1. The zero-order chi connectivity index (χ0) is 15.4. The van der Waals surface area contributed by atoms with Gasteiger partial charge in [0.2, 0.25) is 5.91 Å². The average Bonchev–Trinajstić information content (AvgIpc) is 2.41. The Balaban J connectivity index is 1.90. The van der Waals surface area contributed by atoms with Crippen LogP contribution in [0.15, 0.2) is 18.2 Å². The number of nitrogens with two attached hydrogens (primary N) is 1. The second kappa shape index (κ2) is 7.41. The highest BCUT2D eigenvalue weighted by atomic mass is 35.5. The van der Waals surface area contributed by atoms with Gasteiger partial charge in [-0.25, -0.2) is 0 Å². The van der Waals surface area contributed by atoms with E-state index in [1.165, 1.54) is 25.7 Å². The molecular formula is C16H23ClN2OS. The molecule has 3 unspecified atom stereocenters. The fraction of sp³-hybridized carbons (Fsp3) is 0.562. The van der Waals surface area contributed by atoms with E-state index in [4.69, 9.17) is 17.3 Å². The molecule has 0 saturated heterocycles. The predicted molar refractivity (Wildman–Crippen MR) is 93.0 cm³/mol. The Morgan fingerprint density at radius 2 is 2.24 bits per heavy atom. The van der Waals surface area contributed by atoms with Gasteiger partial charge in [-0.3, -0.25) is 4.79 Å². The lowest BCUT2D eigenvalue weighted by Crippen LogP contribution is -2.27. The Morgan fingerprint density at radius 3 is 2.90 bits per heavy atom. The molecule has 0 aromatic heterocycles. The SMILES string of the molecule is CC1CCCC(SC(C)C(=O)Nc2ccc(Cl)cc2N)C1. The van der Waals surface area contributed by atoms with Crippen LogP contribution in [-0.4, -0.2) is 16.4 Å². The first-order valence-electron chi connectivity index (χ1n) is 7.47.